The third-order valence-corrected chi connectivity index (χ3v) is 5.07. The van der Waals surface area contributed by atoms with E-state index in [1.807, 2.05) is 19.1 Å². The molecule has 2 aromatic rings. The van der Waals surface area contributed by atoms with Crippen molar-refractivity contribution in [3.8, 4) is 5.75 Å². The molecule has 1 N–H and O–H groups in total. The highest BCUT2D eigenvalue weighted by Crippen LogP contribution is 2.37. The predicted molar refractivity (Wildman–Crippen MR) is 106 cm³/mol. The number of allylic oxidation sites excluding steroid dienone is 1. The summed E-state index contributed by atoms with van der Waals surface area (Å²) in [6.07, 6.45) is 8.01. The maximum atomic E-state index is 12.1. The van der Waals surface area contributed by atoms with Crippen LogP contribution in [0.25, 0.3) is 10.9 Å². The fourth-order valence-electron chi connectivity index (χ4n) is 3.11. The van der Waals surface area contributed by atoms with Crippen LogP contribution >= 0.6 is 23.2 Å². The van der Waals surface area contributed by atoms with Crippen LogP contribution in [0.2, 0.25) is 10.0 Å². The van der Waals surface area contributed by atoms with Gasteiger partial charge in [0.25, 0.3) is 5.91 Å². The zero-order valence-electron chi connectivity index (χ0n) is 14.8. The maximum absolute atomic E-state index is 12.1. The van der Waals surface area contributed by atoms with E-state index in [4.69, 9.17) is 27.9 Å². The summed E-state index contributed by atoms with van der Waals surface area (Å²) in [6.45, 7) is 2.40. The van der Waals surface area contributed by atoms with E-state index < -0.39 is 0 Å². The van der Waals surface area contributed by atoms with E-state index in [0.29, 0.717) is 27.9 Å². The van der Waals surface area contributed by atoms with E-state index >= 15 is 0 Å². The molecule has 1 aliphatic rings. The first-order chi connectivity index (χ1) is 12.5. The van der Waals surface area contributed by atoms with Crippen molar-refractivity contribution in [1.29, 1.82) is 0 Å². The van der Waals surface area contributed by atoms with E-state index in [9.17, 15) is 4.79 Å². The van der Waals surface area contributed by atoms with Gasteiger partial charge >= 0.3 is 0 Å². The highest BCUT2D eigenvalue weighted by molar-refractivity contribution is 6.39. The second-order valence-corrected chi connectivity index (χ2v) is 7.33. The largest absolute Gasteiger partial charge is 0.480 e. The number of aryl methyl sites for hydroxylation is 1. The summed E-state index contributed by atoms with van der Waals surface area (Å²) in [7, 11) is 0. The normalized spacial score (nSPS) is 14.2. The molecule has 0 fully saturated rings. The molecule has 4 nitrogen and oxygen atoms in total. The highest BCUT2D eigenvalue weighted by Gasteiger charge is 2.14. The number of carbonyl (C=O) groups is 1. The van der Waals surface area contributed by atoms with Gasteiger partial charge in [-0.05, 0) is 57.2 Å². The van der Waals surface area contributed by atoms with E-state index in [1.54, 1.807) is 6.07 Å². The summed E-state index contributed by atoms with van der Waals surface area (Å²) >= 11 is 12.5. The van der Waals surface area contributed by atoms with Gasteiger partial charge in [0.1, 0.15) is 5.52 Å². The van der Waals surface area contributed by atoms with Gasteiger partial charge in [-0.2, -0.15) is 0 Å². The lowest BCUT2D eigenvalue weighted by Crippen LogP contribution is -2.30. The van der Waals surface area contributed by atoms with Crippen molar-refractivity contribution in [2.75, 3.05) is 13.2 Å². The number of hydrogen-bond acceptors (Lipinski definition) is 3. The Morgan fingerprint density at radius 2 is 2.12 bits per heavy atom. The Morgan fingerprint density at radius 1 is 1.27 bits per heavy atom. The predicted octanol–water partition coefficient (Wildman–Crippen LogP) is 5.24. The number of rotatable bonds is 6. The summed E-state index contributed by atoms with van der Waals surface area (Å²) in [4.78, 5) is 16.6. The number of amides is 1. The lowest BCUT2D eigenvalue weighted by molar-refractivity contribution is -0.123. The molecule has 138 valence electrons. The summed E-state index contributed by atoms with van der Waals surface area (Å²) in [5, 5.41) is 4.50. The van der Waals surface area contributed by atoms with Crippen molar-refractivity contribution in [2.45, 2.75) is 39.0 Å². The Bertz CT molecular complexity index is 849. The first-order valence-corrected chi connectivity index (χ1v) is 9.63. The molecule has 26 heavy (non-hydrogen) atoms. The first kappa shape index (κ1) is 19.0. The van der Waals surface area contributed by atoms with E-state index in [0.717, 1.165) is 30.3 Å². The van der Waals surface area contributed by atoms with Gasteiger partial charge < -0.3 is 10.1 Å². The molecule has 0 atom stereocenters. The summed E-state index contributed by atoms with van der Waals surface area (Å²) in [5.74, 6) is 0.216. The van der Waals surface area contributed by atoms with Crippen LogP contribution in [0, 0.1) is 6.92 Å². The van der Waals surface area contributed by atoms with Crippen molar-refractivity contribution in [2.24, 2.45) is 0 Å². The van der Waals surface area contributed by atoms with Gasteiger partial charge in [-0.3, -0.25) is 4.79 Å². The van der Waals surface area contributed by atoms with Crippen molar-refractivity contribution >= 4 is 40.0 Å². The minimum atomic E-state index is -0.173. The van der Waals surface area contributed by atoms with Gasteiger partial charge in [0.15, 0.2) is 12.4 Å². The number of pyridine rings is 1. The smallest absolute Gasteiger partial charge is 0.257 e. The molecule has 0 saturated heterocycles. The number of halogens is 2. The molecule has 1 heterocycles. The minimum Gasteiger partial charge on any atom is -0.480 e. The van der Waals surface area contributed by atoms with Crippen molar-refractivity contribution in [3.63, 3.8) is 0 Å². The number of nitrogens with one attached hydrogen (secondary N) is 1. The summed E-state index contributed by atoms with van der Waals surface area (Å²) in [5.41, 5.74) is 2.83. The molecule has 1 aliphatic carbocycles. The molecule has 0 bridgehead atoms. The van der Waals surface area contributed by atoms with Crippen LogP contribution in [-0.4, -0.2) is 24.0 Å². The van der Waals surface area contributed by atoms with E-state index in [2.05, 4.69) is 16.4 Å². The molecular weight excluding hydrogens is 371 g/mol. The zero-order chi connectivity index (χ0) is 18.5. The molecule has 3 rings (SSSR count). The van der Waals surface area contributed by atoms with E-state index in [1.165, 1.54) is 18.4 Å². The third kappa shape index (κ3) is 4.68. The van der Waals surface area contributed by atoms with Gasteiger partial charge in [-0.25, -0.2) is 4.98 Å². The molecule has 0 spiro atoms. The number of aromatic nitrogens is 1. The Labute approximate surface area is 163 Å². The van der Waals surface area contributed by atoms with Crippen LogP contribution in [-0.2, 0) is 4.79 Å². The van der Waals surface area contributed by atoms with Crippen molar-refractivity contribution < 1.29 is 9.53 Å². The molecule has 0 saturated carbocycles. The maximum Gasteiger partial charge on any atom is 0.257 e. The van der Waals surface area contributed by atoms with Crippen LogP contribution in [0.1, 0.15) is 37.8 Å². The average Bonchev–Trinajstić information content (AvgIpc) is 2.62. The lowest BCUT2D eigenvalue weighted by atomic mass is 9.97. The molecule has 0 radical (unpaired) electrons. The Kier molecular flexibility index (Phi) is 6.38. The Balaban J connectivity index is 1.61. The molecule has 1 amide bonds. The van der Waals surface area contributed by atoms with Crippen LogP contribution in [0.4, 0.5) is 0 Å². The summed E-state index contributed by atoms with van der Waals surface area (Å²) in [6, 6.07) is 5.37. The van der Waals surface area contributed by atoms with Gasteiger partial charge in [0.05, 0.1) is 10.0 Å². The molecule has 0 aliphatic heterocycles. The van der Waals surface area contributed by atoms with Crippen molar-refractivity contribution in [1.82, 2.24) is 10.3 Å². The fourth-order valence-corrected chi connectivity index (χ4v) is 3.68. The number of hydrogen-bond donors (Lipinski definition) is 1. The topological polar surface area (TPSA) is 51.2 Å². The number of carbonyl (C=O) groups excluding carboxylic acids is 1. The second kappa shape index (κ2) is 8.74. The number of fused-ring (bicyclic) bond motifs is 1. The first-order valence-electron chi connectivity index (χ1n) is 8.87. The molecule has 1 aromatic carbocycles. The Morgan fingerprint density at radius 3 is 2.88 bits per heavy atom. The number of ether oxygens (including phenoxy) is 1. The van der Waals surface area contributed by atoms with E-state index in [-0.39, 0.29) is 12.5 Å². The van der Waals surface area contributed by atoms with Gasteiger partial charge in [-0.15, -0.1) is 0 Å². The van der Waals surface area contributed by atoms with Gasteiger partial charge in [0, 0.05) is 17.6 Å². The summed E-state index contributed by atoms with van der Waals surface area (Å²) < 4.78 is 5.68. The molecule has 1 aromatic heterocycles. The third-order valence-electron chi connectivity index (χ3n) is 4.48. The minimum absolute atomic E-state index is 0.106. The monoisotopic (exact) mass is 392 g/mol. The quantitative estimate of drug-likeness (QED) is 0.684. The van der Waals surface area contributed by atoms with Crippen LogP contribution in [0.3, 0.4) is 0 Å². The fraction of sp³-hybridized carbons (Fsp3) is 0.400. The van der Waals surface area contributed by atoms with Gasteiger partial charge in [-0.1, -0.05) is 34.9 Å². The standard InChI is InChI=1S/C20H22Cl2N2O2/c1-13-7-8-15-16(21)11-17(22)20(19(15)24-13)26-12-18(25)23-10-9-14-5-3-2-4-6-14/h5,7-8,11H,2-4,6,9-10,12H2,1H3,(H,23,25). The van der Waals surface area contributed by atoms with Crippen LogP contribution in [0.15, 0.2) is 29.8 Å². The SMILES string of the molecule is Cc1ccc2c(Cl)cc(Cl)c(OCC(=O)NCCC3=CCCCC3)c2n1. The molecular formula is C20H22Cl2N2O2. The molecule has 0 unspecified atom stereocenters. The van der Waals surface area contributed by atoms with Gasteiger partial charge in [0.2, 0.25) is 0 Å². The highest BCUT2D eigenvalue weighted by atomic mass is 35.5. The average molecular weight is 393 g/mol. The lowest BCUT2D eigenvalue weighted by Gasteiger charge is -2.14. The van der Waals surface area contributed by atoms with Crippen molar-refractivity contribution in [3.05, 3.63) is 45.6 Å². The van der Waals surface area contributed by atoms with Crippen LogP contribution < -0.4 is 10.1 Å². The Hall–Kier alpha value is -1.78. The zero-order valence-corrected chi connectivity index (χ0v) is 16.3. The number of benzene rings is 1. The van der Waals surface area contributed by atoms with Crippen LogP contribution in [0.5, 0.6) is 5.75 Å². The molecule has 6 heteroatoms. The second-order valence-electron chi connectivity index (χ2n) is 6.51. The number of nitrogens with zero attached hydrogens (tertiary/aromatic N) is 1.